The molecule has 4 rings (SSSR count). The second-order valence-electron chi connectivity index (χ2n) is 6.41. The van der Waals surface area contributed by atoms with Crippen molar-refractivity contribution in [1.82, 2.24) is 4.90 Å². The van der Waals surface area contributed by atoms with Crippen molar-refractivity contribution in [1.29, 1.82) is 0 Å². The second-order valence-corrected chi connectivity index (χ2v) is 8.56. The van der Waals surface area contributed by atoms with Crippen LogP contribution >= 0.6 is 7.92 Å². The number of nitrogens with zero attached hydrogens (tertiary/aromatic N) is 1. The van der Waals surface area contributed by atoms with E-state index in [2.05, 4.69) is 134 Å². The first kappa shape index (κ1) is 22.9. The number of hydrogen-bond acceptors (Lipinski definition) is 1. The third-order valence-corrected chi connectivity index (χ3v) is 6.82. The van der Waals surface area contributed by atoms with Crippen LogP contribution in [-0.4, -0.2) is 25.0 Å². The third-order valence-electron chi connectivity index (χ3n) is 4.39. The van der Waals surface area contributed by atoms with Gasteiger partial charge < -0.3 is 4.90 Å². The number of allylic oxidation sites excluding steroid dienone is 6. The first-order chi connectivity index (χ1) is 13.7. The molecule has 2 atom stereocenters. The van der Waals surface area contributed by atoms with Crippen molar-refractivity contribution >= 4 is 13.2 Å². The molecule has 29 heavy (non-hydrogen) atoms. The Morgan fingerprint density at radius 1 is 1.07 bits per heavy atom. The van der Waals surface area contributed by atoms with Crippen LogP contribution < -0.4 is 5.30 Å². The molecule has 2 radical (unpaired) electrons. The van der Waals surface area contributed by atoms with E-state index < -0.39 is 7.92 Å². The van der Waals surface area contributed by atoms with Crippen molar-refractivity contribution < 1.29 is 17.1 Å². The standard InChI is InChI=1S/C21H20NP.C5.Fe/c1-17(22(2)3)20-15-10-16-21(20)23(18-11-6-4-7-12-18)19-13-8-5-9-14-19;1-2-4-5-3-1;/h4-9,11-14,17H,1-3H3;;/q2*-1;+2/t17-;;/m1../s1. The number of benzene rings is 1. The molecule has 3 aliphatic rings. The summed E-state index contributed by atoms with van der Waals surface area (Å²) in [4.78, 5) is 2.21. The maximum atomic E-state index is 3.36. The summed E-state index contributed by atoms with van der Waals surface area (Å²) in [7, 11) is 3.57. The predicted molar refractivity (Wildman–Crippen MR) is 117 cm³/mol. The Kier molecular flexibility index (Phi) is 9.17. The summed E-state index contributed by atoms with van der Waals surface area (Å²) in [5, 5.41) is 3.91. The van der Waals surface area contributed by atoms with Crippen LogP contribution in [0.2, 0.25) is 0 Å². The third kappa shape index (κ3) is 6.06. The zero-order chi connectivity index (χ0) is 19.8. The molecular formula is C26H20FeNP. The molecule has 0 fully saturated rings. The molecule has 0 aliphatic heterocycles. The Morgan fingerprint density at radius 3 is 2.41 bits per heavy atom. The Bertz CT molecular complexity index is 1050. The largest absolute Gasteiger partial charge is 2.00 e. The quantitative estimate of drug-likeness (QED) is 0.275. The van der Waals surface area contributed by atoms with Crippen LogP contribution in [0.5, 0.6) is 0 Å². The van der Waals surface area contributed by atoms with Gasteiger partial charge in [0.2, 0.25) is 0 Å². The van der Waals surface area contributed by atoms with Gasteiger partial charge in [0.15, 0.2) is 0 Å². The molecule has 0 N–H and O–H groups in total. The molecule has 0 saturated carbocycles. The monoisotopic (exact) mass is 433 g/mol. The normalized spacial score (nSPS) is 16.5. The molecule has 1 unspecified atom stereocenters. The molecule has 3 aliphatic carbocycles. The van der Waals surface area contributed by atoms with Gasteiger partial charge in [-0.05, 0) is 40.0 Å². The van der Waals surface area contributed by atoms with Gasteiger partial charge in [-0.25, -0.2) is 5.73 Å². The molecule has 0 spiro atoms. The first-order valence-electron chi connectivity index (χ1n) is 9.01. The fourth-order valence-corrected chi connectivity index (χ4v) is 5.15. The summed E-state index contributed by atoms with van der Waals surface area (Å²) >= 11 is 0. The first-order valence-corrected chi connectivity index (χ1v) is 10.4. The Labute approximate surface area is 186 Å². The second kappa shape index (κ2) is 11.6. The van der Waals surface area contributed by atoms with E-state index in [1.807, 2.05) is 0 Å². The van der Waals surface area contributed by atoms with E-state index in [1.165, 1.54) is 21.5 Å². The summed E-state index contributed by atoms with van der Waals surface area (Å²) in [6.45, 7) is 2.21. The van der Waals surface area contributed by atoms with E-state index in [1.54, 1.807) is 0 Å². The average molecular weight is 433 g/mol. The number of hydrogen-bond donors (Lipinski definition) is 0. The predicted octanol–water partition coefficient (Wildman–Crippen LogP) is 4.96. The van der Waals surface area contributed by atoms with Crippen molar-refractivity contribution in [3.8, 4) is 0 Å². The minimum absolute atomic E-state index is 0. The van der Waals surface area contributed by atoms with Crippen molar-refractivity contribution in [3.63, 3.8) is 0 Å². The SMILES string of the molecule is C[C@H](C1=C=C=C=C1P(C1=C[CH]C=C[CH-]1)c1ccccc1)N(C)C.[C]1=C=C=C=[C-]1.[Fe+2]. The summed E-state index contributed by atoms with van der Waals surface area (Å²) in [5.74, 6) is 0. The number of likely N-dealkylation sites (N-methyl/N-ethyl adjacent to an activating group) is 1. The van der Waals surface area contributed by atoms with Crippen LogP contribution in [0.3, 0.4) is 0 Å². The molecule has 142 valence electrons. The molecule has 0 amide bonds. The minimum Gasteiger partial charge on any atom is -0.302 e. The molecule has 1 aromatic rings. The van der Waals surface area contributed by atoms with E-state index in [4.69, 9.17) is 0 Å². The molecule has 0 saturated heterocycles. The van der Waals surface area contributed by atoms with Gasteiger partial charge in [0.05, 0.1) is 0 Å². The molecule has 0 heterocycles. The Morgan fingerprint density at radius 2 is 1.86 bits per heavy atom. The van der Waals surface area contributed by atoms with Crippen molar-refractivity contribution in [3.05, 3.63) is 124 Å². The van der Waals surface area contributed by atoms with Crippen molar-refractivity contribution in [2.75, 3.05) is 14.1 Å². The summed E-state index contributed by atoms with van der Waals surface area (Å²) in [6, 6.07) is 11.0. The van der Waals surface area contributed by atoms with E-state index in [0.717, 1.165) is 0 Å². The van der Waals surface area contributed by atoms with Gasteiger partial charge in [0, 0.05) is 16.9 Å². The van der Waals surface area contributed by atoms with E-state index in [9.17, 15) is 0 Å². The van der Waals surface area contributed by atoms with Gasteiger partial charge in [0.25, 0.3) is 0 Å². The zero-order valence-electron chi connectivity index (χ0n) is 16.6. The van der Waals surface area contributed by atoms with Crippen LogP contribution in [0.25, 0.3) is 0 Å². The molecule has 0 aromatic heterocycles. The van der Waals surface area contributed by atoms with Crippen LogP contribution in [-0.2, 0) is 17.1 Å². The molecule has 1 aromatic carbocycles. The van der Waals surface area contributed by atoms with Crippen LogP contribution in [0.4, 0.5) is 0 Å². The molecule has 0 bridgehead atoms. The van der Waals surface area contributed by atoms with Gasteiger partial charge in [0.1, 0.15) is 0 Å². The Balaban J connectivity index is 0.000000437. The van der Waals surface area contributed by atoms with Gasteiger partial charge in [-0.1, -0.05) is 41.8 Å². The maximum absolute atomic E-state index is 3.36. The van der Waals surface area contributed by atoms with Gasteiger partial charge in [-0.3, -0.25) is 11.5 Å². The van der Waals surface area contributed by atoms with E-state index >= 15 is 0 Å². The molecule has 1 nitrogen and oxygen atoms in total. The fourth-order valence-electron chi connectivity index (χ4n) is 2.74. The van der Waals surface area contributed by atoms with Gasteiger partial charge in [-0.15, -0.1) is 23.9 Å². The summed E-state index contributed by atoms with van der Waals surface area (Å²) in [5.41, 5.74) is 18.5. The van der Waals surface area contributed by atoms with E-state index in [-0.39, 0.29) is 17.1 Å². The van der Waals surface area contributed by atoms with Crippen LogP contribution in [0.15, 0.2) is 99.1 Å². The van der Waals surface area contributed by atoms with Crippen molar-refractivity contribution in [2.45, 2.75) is 13.0 Å². The fraction of sp³-hybridized carbons (Fsp3) is 0.154. The zero-order valence-corrected chi connectivity index (χ0v) is 18.6. The summed E-state index contributed by atoms with van der Waals surface area (Å²) < 4.78 is 0. The van der Waals surface area contributed by atoms with Gasteiger partial charge >= 0.3 is 17.1 Å². The molecular weight excluding hydrogens is 413 g/mol. The van der Waals surface area contributed by atoms with Crippen LogP contribution in [0.1, 0.15) is 6.92 Å². The summed E-state index contributed by atoms with van der Waals surface area (Å²) in [6.07, 6.45) is 15.7. The maximum Gasteiger partial charge on any atom is 2.00 e. The minimum atomic E-state index is -0.632. The van der Waals surface area contributed by atoms with Crippen molar-refractivity contribution in [2.24, 2.45) is 0 Å². The smallest absolute Gasteiger partial charge is 0.302 e. The van der Waals surface area contributed by atoms with Crippen LogP contribution in [0, 0.1) is 25.0 Å². The topological polar surface area (TPSA) is 3.24 Å². The Hall–Kier alpha value is -2.36. The average Bonchev–Trinajstić information content (AvgIpc) is 3.45. The van der Waals surface area contributed by atoms with E-state index in [0.29, 0.717) is 6.04 Å². The number of rotatable bonds is 5. The van der Waals surface area contributed by atoms with Gasteiger partial charge in [-0.2, -0.15) is 24.6 Å². The molecule has 3 heteroatoms.